The second kappa shape index (κ2) is 6.49. The van der Waals surface area contributed by atoms with Gasteiger partial charge in [0.1, 0.15) is 16.8 Å². The van der Waals surface area contributed by atoms with E-state index < -0.39 is 4.92 Å². The quantitative estimate of drug-likeness (QED) is 0.670. The molecule has 0 aromatic heterocycles. The van der Waals surface area contributed by atoms with E-state index in [0.717, 1.165) is 11.1 Å². The van der Waals surface area contributed by atoms with Crippen molar-refractivity contribution in [3.63, 3.8) is 0 Å². The standard InChI is InChI=1S/C14H13BrN2O3/c15-14-11(2-1-3-13(14)17(18)19)9-20-12-6-4-10(8-16)5-7-12/h1-7H,8-9,16H2. The highest BCUT2D eigenvalue weighted by molar-refractivity contribution is 9.10. The van der Waals surface area contributed by atoms with Crippen molar-refractivity contribution in [3.05, 3.63) is 68.2 Å². The van der Waals surface area contributed by atoms with E-state index >= 15 is 0 Å². The van der Waals surface area contributed by atoms with Crippen molar-refractivity contribution in [1.82, 2.24) is 0 Å². The molecule has 0 radical (unpaired) electrons. The van der Waals surface area contributed by atoms with Gasteiger partial charge in [0, 0.05) is 18.2 Å². The molecule has 2 rings (SSSR count). The largest absolute Gasteiger partial charge is 0.489 e. The lowest BCUT2D eigenvalue weighted by atomic mass is 10.2. The molecule has 0 unspecified atom stereocenters. The molecule has 0 amide bonds. The maximum absolute atomic E-state index is 10.8. The lowest BCUT2D eigenvalue weighted by molar-refractivity contribution is -0.385. The van der Waals surface area contributed by atoms with Crippen LogP contribution in [0.15, 0.2) is 46.9 Å². The van der Waals surface area contributed by atoms with Crippen LogP contribution in [0.3, 0.4) is 0 Å². The van der Waals surface area contributed by atoms with Crippen molar-refractivity contribution in [1.29, 1.82) is 0 Å². The molecule has 0 aliphatic heterocycles. The molecule has 104 valence electrons. The molecule has 0 aliphatic carbocycles. The molecule has 2 aromatic rings. The fourth-order valence-electron chi connectivity index (χ4n) is 1.70. The van der Waals surface area contributed by atoms with Crippen molar-refractivity contribution < 1.29 is 9.66 Å². The van der Waals surface area contributed by atoms with Crippen LogP contribution < -0.4 is 10.5 Å². The molecule has 6 heteroatoms. The first-order chi connectivity index (χ1) is 9.61. The van der Waals surface area contributed by atoms with Gasteiger partial charge in [-0.25, -0.2) is 0 Å². The molecule has 0 heterocycles. The molecule has 0 aliphatic rings. The Morgan fingerprint density at radius 1 is 1.20 bits per heavy atom. The third-order valence-electron chi connectivity index (χ3n) is 2.81. The highest BCUT2D eigenvalue weighted by Gasteiger charge is 2.14. The summed E-state index contributed by atoms with van der Waals surface area (Å²) in [6.45, 7) is 0.737. The van der Waals surface area contributed by atoms with E-state index in [1.54, 1.807) is 12.1 Å². The lowest BCUT2D eigenvalue weighted by Gasteiger charge is -2.08. The number of hydrogen-bond acceptors (Lipinski definition) is 4. The summed E-state index contributed by atoms with van der Waals surface area (Å²) in [6.07, 6.45) is 0. The number of nitro benzene ring substituents is 1. The predicted octanol–water partition coefficient (Wildman–Crippen LogP) is 3.40. The van der Waals surface area contributed by atoms with Crippen LogP contribution in [0.5, 0.6) is 5.75 Å². The summed E-state index contributed by atoms with van der Waals surface area (Å²) in [7, 11) is 0. The summed E-state index contributed by atoms with van der Waals surface area (Å²) in [5, 5.41) is 10.8. The van der Waals surface area contributed by atoms with E-state index in [1.807, 2.05) is 24.3 Å². The van der Waals surface area contributed by atoms with Crippen LogP contribution in [-0.2, 0) is 13.2 Å². The van der Waals surface area contributed by atoms with E-state index in [9.17, 15) is 10.1 Å². The van der Waals surface area contributed by atoms with Crippen molar-refractivity contribution in [2.45, 2.75) is 13.2 Å². The average Bonchev–Trinajstić information content (AvgIpc) is 2.46. The summed E-state index contributed by atoms with van der Waals surface area (Å²) in [6, 6.07) is 12.3. The Labute approximate surface area is 124 Å². The second-order valence-electron chi connectivity index (χ2n) is 4.14. The fraction of sp³-hybridized carbons (Fsp3) is 0.143. The number of halogens is 1. The van der Waals surface area contributed by atoms with Gasteiger partial charge in [0.25, 0.3) is 5.69 Å². The van der Waals surface area contributed by atoms with Crippen LogP contribution in [0, 0.1) is 10.1 Å². The highest BCUT2D eigenvalue weighted by Crippen LogP contribution is 2.29. The average molecular weight is 337 g/mol. The monoisotopic (exact) mass is 336 g/mol. The first kappa shape index (κ1) is 14.5. The zero-order valence-corrected chi connectivity index (χ0v) is 12.2. The van der Waals surface area contributed by atoms with Crippen LogP contribution >= 0.6 is 15.9 Å². The molecule has 5 nitrogen and oxygen atoms in total. The molecule has 0 bridgehead atoms. The van der Waals surface area contributed by atoms with Gasteiger partial charge in [-0.05, 0) is 33.6 Å². The van der Waals surface area contributed by atoms with Crippen molar-refractivity contribution in [2.24, 2.45) is 5.73 Å². The Balaban J connectivity index is 2.10. The van der Waals surface area contributed by atoms with Crippen LogP contribution in [0.4, 0.5) is 5.69 Å². The minimum Gasteiger partial charge on any atom is -0.489 e. The van der Waals surface area contributed by atoms with Crippen LogP contribution in [0.1, 0.15) is 11.1 Å². The summed E-state index contributed by atoms with van der Waals surface area (Å²) in [5.41, 5.74) is 7.30. The van der Waals surface area contributed by atoms with Gasteiger partial charge in [0.05, 0.1) is 4.92 Å². The van der Waals surface area contributed by atoms with Gasteiger partial charge in [-0.3, -0.25) is 10.1 Å². The zero-order chi connectivity index (χ0) is 14.5. The number of ether oxygens (including phenoxy) is 1. The zero-order valence-electron chi connectivity index (χ0n) is 10.6. The van der Waals surface area contributed by atoms with E-state index in [4.69, 9.17) is 10.5 Å². The highest BCUT2D eigenvalue weighted by atomic mass is 79.9. The molecular formula is C14H13BrN2O3. The summed E-state index contributed by atoms with van der Waals surface area (Å²) in [4.78, 5) is 10.4. The molecule has 0 saturated heterocycles. The van der Waals surface area contributed by atoms with E-state index in [2.05, 4.69) is 15.9 Å². The molecule has 2 aromatic carbocycles. The Morgan fingerprint density at radius 2 is 1.90 bits per heavy atom. The lowest BCUT2D eigenvalue weighted by Crippen LogP contribution is -2.00. The Morgan fingerprint density at radius 3 is 2.50 bits per heavy atom. The fourth-order valence-corrected chi connectivity index (χ4v) is 2.23. The van der Waals surface area contributed by atoms with Crippen molar-refractivity contribution >= 4 is 21.6 Å². The van der Waals surface area contributed by atoms with Gasteiger partial charge in [-0.2, -0.15) is 0 Å². The third kappa shape index (κ3) is 3.34. The number of nitrogens with two attached hydrogens (primary N) is 1. The molecule has 0 fully saturated rings. The Bertz CT molecular complexity index is 614. The Kier molecular flexibility index (Phi) is 4.70. The van der Waals surface area contributed by atoms with E-state index in [0.29, 0.717) is 16.8 Å². The van der Waals surface area contributed by atoms with Crippen molar-refractivity contribution in [3.8, 4) is 5.75 Å². The number of hydrogen-bond donors (Lipinski definition) is 1. The van der Waals surface area contributed by atoms with Gasteiger partial charge in [-0.15, -0.1) is 0 Å². The van der Waals surface area contributed by atoms with Gasteiger partial charge in [-0.1, -0.05) is 24.3 Å². The predicted molar refractivity (Wildman–Crippen MR) is 79.5 cm³/mol. The maximum Gasteiger partial charge on any atom is 0.283 e. The van der Waals surface area contributed by atoms with E-state index in [-0.39, 0.29) is 12.3 Å². The number of nitrogens with zero attached hydrogens (tertiary/aromatic N) is 1. The SMILES string of the molecule is NCc1ccc(OCc2cccc([N+](=O)[O-])c2Br)cc1. The number of benzene rings is 2. The molecule has 20 heavy (non-hydrogen) atoms. The van der Waals surface area contributed by atoms with Gasteiger partial charge in [0.2, 0.25) is 0 Å². The normalized spacial score (nSPS) is 10.3. The van der Waals surface area contributed by atoms with Gasteiger partial charge >= 0.3 is 0 Å². The molecule has 0 spiro atoms. The summed E-state index contributed by atoms with van der Waals surface area (Å²) in [5.74, 6) is 0.695. The van der Waals surface area contributed by atoms with Gasteiger partial charge < -0.3 is 10.5 Å². The summed E-state index contributed by atoms with van der Waals surface area (Å²) < 4.78 is 6.06. The Hall–Kier alpha value is -1.92. The minimum absolute atomic E-state index is 0.0320. The smallest absolute Gasteiger partial charge is 0.283 e. The van der Waals surface area contributed by atoms with Crippen LogP contribution in [0.25, 0.3) is 0 Å². The minimum atomic E-state index is -0.427. The van der Waals surface area contributed by atoms with Crippen LogP contribution in [0.2, 0.25) is 0 Å². The first-order valence-corrected chi connectivity index (χ1v) is 6.74. The van der Waals surface area contributed by atoms with Gasteiger partial charge in [0.15, 0.2) is 0 Å². The first-order valence-electron chi connectivity index (χ1n) is 5.95. The number of nitro groups is 1. The summed E-state index contributed by atoms with van der Waals surface area (Å²) >= 11 is 3.24. The molecule has 0 atom stereocenters. The topological polar surface area (TPSA) is 78.4 Å². The van der Waals surface area contributed by atoms with Crippen molar-refractivity contribution in [2.75, 3.05) is 0 Å². The molecule has 2 N–H and O–H groups in total. The molecular weight excluding hydrogens is 324 g/mol. The van der Waals surface area contributed by atoms with E-state index in [1.165, 1.54) is 6.07 Å². The third-order valence-corrected chi connectivity index (χ3v) is 3.72. The maximum atomic E-state index is 10.8. The number of rotatable bonds is 5. The molecule has 0 saturated carbocycles. The van der Waals surface area contributed by atoms with Crippen LogP contribution in [-0.4, -0.2) is 4.92 Å². The second-order valence-corrected chi connectivity index (χ2v) is 4.94.